The minimum absolute atomic E-state index is 0.998. The molecule has 0 fully saturated rings. The third kappa shape index (κ3) is 3.91. The summed E-state index contributed by atoms with van der Waals surface area (Å²) in [6.45, 7) is 3.01. The lowest BCUT2D eigenvalue weighted by molar-refractivity contribution is 0.862. The highest BCUT2D eigenvalue weighted by Crippen LogP contribution is 2.08. The maximum Gasteiger partial charge on any atom is 0.0393 e. The lowest BCUT2D eigenvalue weighted by Gasteiger charge is -2.06. The number of hydrogen-bond donors (Lipinski definition) is 1. The predicted octanol–water partition coefficient (Wildman–Crippen LogP) is 3.43. The fourth-order valence-electron chi connectivity index (χ4n) is 1.83. The van der Waals surface area contributed by atoms with Crippen LogP contribution < -0.4 is 5.32 Å². The number of anilines is 1. The van der Waals surface area contributed by atoms with Crippen molar-refractivity contribution in [3.8, 4) is 0 Å². The van der Waals surface area contributed by atoms with Gasteiger partial charge >= 0.3 is 0 Å². The molecule has 0 aliphatic rings. The Balaban J connectivity index is 1.73. The van der Waals surface area contributed by atoms with Gasteiger partial charge in [0.05, 0.1) is 0 Å². The first kappa shape index (κ1) is 11.6. The third-order valence-corrected chi connectivity index (χ3v) is 2.71. The van der Waals surface area contributed by atoms with E-state index in [0.717, 1.165) is 30.8 Å². The Morgan fingerprint density at radius 2 is 1.94 bits per heavy atom. The smallest absolute Gasteiger partial charge is 0.0393 e. The summed E-state index contributed by atoms with van der Waals surface area (Å²) in [4.78, 5) is 4.18. The van der Waals surface area contributed by atoms with Gasteiger partial charge in [-0.05, 0) is 37.5 Å². The van der Waals surface area contributed by atoms with Gasteiger partial charge in [-0.2, -0.15) is 0 Å². The SMILES string of the molecule is Cc1cc(NCCCc2ccccc2)ccn1. The van der Waals surface area contributed by atoms with E-state index in [9.17, 15) is 0 Å². The topological polar surface area (TPSA) is 24.9 Å². The summed E-state index contributed by atoms with van der Waals surface area (Å²) >= 11 is 0. The molecule has 2 nitrogen and oxygen atoms in total. The molecule has 0 bridgehead atoms. The van der Waals surface area contributed by atoms with Gasteiger partial charge < -0.3 is 5.32 Å². The van der Waals surface area contributed by atoms with Gasteiger partial charge in [-0.1, -0.05) is 30.3 Å². The molecule has 0 amide bonds. The van der Waals surface area contributed by atoms with Crippen LogP contribution in [0.25, 0.3) is 0 Å². The van der Waals surface area contributed by atoms with Crippen LogP contribution >= 0.6 is 0 Å². The number of nitrogens with one attached hydrogen (secondary N) is 1. The van der Waals surface area contributed by atoms with Crippen molar-refractivity contribution < 1.29 is 0 Å². The molecular weight excluding hydrogens is 208 g/mol. The number of nitrogens with zero attached hydrogens (tertiary/aromatic N) is 1. The average molecular weight is 226 g/mol. The van der Waals surface area contributed by atoms with Gasteiger partial charge in [0, 0.05) is 24.1 Å². The summed E-state index contributed by atoms with van der Waals surface area (Å²) < 4.78 is 0. The van der Waals surface area contributed by atoms with Gasteiger partial charge in [-0.25, -0.2) is 0 Å². The number of aryl methyl sites for hydroxylation is 2. The molecule has 1 N–H and O–H groups in total. The third-order valence-electron chi connectivity index (χ3n) is 2.71. The second kappa shape index (κ2) is 6.04. The van der Waals surface area contributed by atoms with Gasteiger partial charge in [0.25, 0.3) is 0 Å². The van der Waals surface area contributed by atoms with Gasteiger partial charge in [0.1, 0.15) is 0 Å². The van der Waals surface area contributed by atoms with Crippen LogP contribution in [0.5, 0.6) is 0 Å². The van der Waals surface area contributed by atoms with Crippen molar-refractivity contribution in [2.45, 2.75) is 19.8 Å². The van der Waals surface area contributed by atoms with Crippen molar-refractivity contribution in [1.82, 2.24) is 4.98 Å². The number of pyridine rings is 1. The van der Waals surface area contributed by atoms with Gasteiger partial charge in [-0.3, -0.25) is 4.98 Å². The summed E-state index contributed by atoms with van der Waals surface area (Å²) in [6, 6.07) is 14.7. The molecule has 0 spiro atoms. The minimum atomic E-state index is 0.998. The summed E-state index contributed by atoms with van der Waals surface area (Å²) in [5.41, 5.74) is 3.61. The zero-order valence-corrected chi connectivity index (χ0v) is 10.2. The highest BCUT2D eigenvalue weighted by molar-refractivity contribution is 5.42. The molecule has 0 aliphatic carbocycles. The molecular formula is C15H18N2. The molecule has 2 rings (SSSR count). The Labute approximate surface area is 103 Å². The fraction of sp³-hybridized carbons (Fsp3) is 0.267. The van der Waals surface area contributed by atoms with Crippen molar-refractivity contribution in [2.24, 2.45) is 0 Å². The maximum atomic E-state index is 4.18. The number of benzene rings is 1. The van der Waals surface area contributed by atoms with E-state index in [1.54, 1.807) is 0 Å². The second-order valence-corrected chi connectivity index (χ2v) is 4.20. The Hall–Kier alpha value is -1.83. The highest BCUT2D eigenvalue weighted by atomic mass is 14.9. The molecule has 88 valence electrons. The van der Waals surface area contributed by atoms with E-state index in [1.807, 2.05) is 19.2 Å². The molecule has 0 saturated heterocycles. The first-order valence-electron chi connectivity index (χ1n) is 6.05. The Bertz CT molecular complexity index is 451. The van der Waals surface area contributed by atoms with Crippen molar-refractivity contribution in [3.63, 3.8) is 0 Å². The van der Waals surface area contributed by atoms with E-state index in [1.165, 1.54) is 5.56 Å². The molecule has 1 heterocycles. The normalized spacial score (nSPS) is 10.2. The van der Waals surface area contributed by atoms with Gasteiger partial charge in [0.15, 0.2) is 0 Å². The van der Waals surface area contributed by atoms with Crippen LogP contribution in [0.15, 0.2) is 48.7 Å². The largest absolute Gasteiger partial charge is 0.385 e. The van der Waals surface area contributed by atoms with Gasteiger partial charge in [0.2, 0.25) is 0 Å². The van der Waals surface area contributed by atoms with Crippen LogP contribution in [0.3, 0.4) is 0 Å². The van der Waals surface area contributed by atoms with Crippen LogP contribution in [-0.4, -0.2) is 11.5 Å². The summed E-state index contributed by atoms with van der Waals surface area (Å²) in [5, 5.41) is 3.42. The predicted molar refractivity (Wildman–Crippen MR) is 72.2 cm³/mol. The van der Waals surface area contributed by atoms with E-state index in [0.29, 0.717) is 0 Å². The van der Waals surface area contributed by atoms with E-state index in [-0.39, 0.29) is 0 Å². The molecule has 1 aromatic heterocycles. The zero-order chi connectivity index (χ0) is 11.9. The minimum Gasteiger partial charge on any atom is -0.385 e. The zero-order valence-electron chi connectivity index (χ0n) is 10.2. The molecule has 0 atom stereocenters. The van der Waals surface area contributed by atoms with Crippen LogP contribution in [0.2, 0.25) is 0 Å². The Kier molecular flexibility index (Phi) is 4.14. The van der Waals surface area contributed by atoms with Crippen molar-refractivity contribution >= 4 is 5.69 Å². The average Bonchev–Trinajstić information content (AvgIpc) is 2.36. The van der Waals surface area contributed by atoms with E-state index >= 15 is 0 Å². The van der Waals surface area contributed by atoms with Crippen molar-refractivity contribution in [3.05, 3.63) is 59.9 Å². The van der Waals surface area contributed by atoms with Crippen LogP contribution in [0.1, 0.15) is 17.7 Å². The van der Waals surface area contributed by atoms with Crippen LogP contribution in [0, 0.1) is 6.92 Å². The number of aromatic nitrogens is 1. The van der Waals surface area contributed by atoms with E-state index < -0.39 is 0 Å². The van der Waals surface area contributed by atoms with E-state index in [2.05, 4.69) is 46.7 Å². The summed E-state index contributed by atoms with van der Waals surface area (Å²) in [5.74, 6) is 0. The monoisotopic (exact) mass is 226 g/mol. The Morgan fingerprint density at radius 1 is 1.12 bits per heavy atom. The van der Waals surface area contributed by atoms with E-state index in [4.69, 9.17) is 0 Å². The number of rotatable bonds is 5. The molecule has 0 radical (unpaired) electrons. The quantitative estimate of drug-likeness (QED) is 0.790. The van der Waals surface area contributed by atoms with Crippen LogP contribution in [0.4, 0.5) is 5.69 Å². The summed E-state index contributed by atoms with van der Waals surface area (Å²) in [6.07, 6.45) is 4.11. The molecule has 0 saturated carbocycles. The van der Waals surface area contributed by atoms with Crippen molar-refractivity contribution in [2.75, 3.05) is 11.9 Å². The lowest BCUT2D eigenvalue weighted by atomic mass is 10.1. The molecule has 0 unspecified atom stereocenters. The number of hydrogen-bond acceptors (Lipinski definition) is 2. The molecule has 0 aliphatic heterocycles. The van der Waals surface area contributed by atoms with Crippen LogP contribution in [-0.2, 0) is 6.42 Å². The standard InChI is InChI=1S/C15H18N2/c1-13-12-15(9-11-16-13)17-10-5-8-14-6-3-2-4-7-14/h2-4,6-7,9,11-12H,5,8,10H2,1H3,(H,16,17). The summed E-state index contributed by atoms with van der Waals surface area (Å²) in [7, 11) is 0. The lowest BCUT2D eigenvalue weighted by Crippen LogP contribution is -2.03. The maximum absolute atomic E-state index is 4.18. The molecule has 2 aromatic rings. The molecule has 17 heavy (non-hydrogen) atoms. The fourth-order valence-corrected chi connectivity index (χ4v) is 1.83. The molecule has 1 aromatic carbocycles. The highest BCUT2D eigenvalue weighted by Gasteiger charge is 1.94. The first-order valence-corrected chi connectivity index (χ1v) is 6.05. The molecule has 2 heteroatoms. The van der Waals surface area contributed by atoms with Crippen molar-refractivity contribution in [1.29, 1.82) is 0 Å². The van der Waals surface area contributed by atoms with Gasteiger partial charge in [-0.15, -0.1) is 0 Å². The second-order valence-electron chi connectivity index (χ2n) is 4.20. The first-order chi connectivity index (χ1) is 8.34. The Morgan fingerprint density at radius 3 is 2.71 bits per heavy atom.